The van der Waals surface area contributed by atoms with Gasteiger partial charge in [0.2, 0.25) is 5.91 Å². The molecular formula is C13H23N3O3. The molecule has 1 aliphatic heterocycles. The molecule has 0 spiro atoms. The highest BCUT2D eigenvalue weighted by atomic mass is 16.4. The summed E-state index contributed by atoms with van der Waals surface area (Å²) < 4.78 is 0. The average molecular weight is 269 g/mol. The molecule has 3 N–H and O–H groups in total. The lowest BCUT2D eigenvalue weighted by Crippen LogP contribution is -2.45. The molecule has 0 aliphatic carbocycles. The van der Waals surface area contributed by atoms with Crippen LogP contribution < -0.4 is 10.6 Å². The fourth-order valence-corrected chi connectivity index (χ4v) is 2.29. The smallest absolute Gasteiger partial charge is 0.317 e. The molecule has 1 saturated heterocycles. The van der Waals surface area contributed by atoms with Crippen LogP contribution in [0.2, 0.25) is 0 Å². The number of carboxylic acids is 1. The van der Waals surface area contributed by atoms with Crippen LogP contribution in [0.1, 0.15) is 12.8 Å². The highest BCUT2D eigenvalue weighted by molar-refractivity contribution is 5.78. The van der Waals surface area contributed by atoms with Crippen molar-refractivity contribution in [3.8, 4) is 0 Å². The number of hydrogen-bond donors (Lipinski definition) is 3. The second-order valence-corrected chi connectivity index (χ2v) is 4.86. The Morgan fingerprint density at radius 3 is 2.95 bits per heavy atom. The van der Waals surface area contributed by atoms with Crippen molar-refractivity contribution in [1.82, 2.24) is 15.5 Å². The molecule has 0 aromatic rings. The van der Waals surface area contributed by atoms with E-state index in [9.17, 15) is 9.59 Å². The van der Waals surface area contributed by atoms with E-state index in [4.69, 9.17) is 5.11 Å². The van der Waals surface area contributed by atoms with E-state index < -0.39 is 5.97 Å². The minimum atomic E-state index is -0.837. The normalized spacial score (nSPS) is 19.9. The van der Waals surface area contributed by atoms with E-state index in [0.717, 1.165) is 25.9 Å². The Balaban J connectivity index is 2.23. The van der Waals surface area contributed by atoms with Crippen molar-refractivity contribution in [3.63, 3.8) is 0 Å². The van der Waals surface area contributed by atoms with Crippen molar-refractivity contribution in [2.75, 3.05) is 39.3 Å². The van der Waals surface area contributed by atoms with Gasteiger partial charge in [-0.1, -0.05) is 6.08 Å². The number of aliphatic carboxylic acids is 1. The van der Waals surface area contributed by atoms with Crippen molar-refractivity contribution >= 4 is 11.9 Å². The van der Waals surface area contributed by atoms with Gasteiger partial charge in [0.1, 0.15) is 0 Å². The number of hydrogen-bond acceptors (Lipinski definition) is 4. The van der Waals surface area contributed by atoms with Gasteiger partial charge in [0.25, 0.3) is 0 Å². The number of carbonyl (C=O) groups excluding carboxylic acids is 1. The number of amides is 1. The first-order chi connectivity index (χ1) is 9.11. The van der Waals surface area contributed by atoms with Gasteiger partial charge in [-0.05, 0) is 31.8 Å². The van der Waals surface area contributed by atoms with Crippen LogP contribution in [0.15, 0.2) is 12.7 Å². The van der Waals surface area contributed by atoms with Crippen LogP contribution in [0, 0.1) is 5.92 Å². The monoisotopic (exact) mass is 269 g/mol. The SMILES string of the molecule is C=CCNC(=O)CN1CCCC(CNCC(=O)O)C1. The minimum Gasteiger partial charge on any atom is -0.480 e. The zero-order valence-electron chi connectivity index (χ0n) is 11.2. The second-order valence-electron chi connectivity index (χ2n) is 4.86. The fraction of sp³-hybridized carbons (Fsp3) is 0.692. The van der Waals surface area contributed by atoms with Crippen molar-refractivity contribution in [2.24, 2.45) is 5.92 Å². The van der Waals surface area contributed by atoms with Crippen LogP contribution in [-0.2, 0) is 9.59 Å². The summed E-state index contributed by atoms with van der Waals surface area (Å²) in [4.78, 5) is 24.1. The molecule has 1 aliphatic rings. The van der Waals surface area contributed by atoms with E-state index in [1.165, 1.54) is 0 Å². The Morgan fingerprint density at radius 2 is 2.26 bits per heavy atom. The van der Waals surface area contributed by atoms with Gasteiger partial charge in [0.05, 0.1) is 13.1 Å². The van der Waals surface area contributed by atoms with Crippen LogP contribution in [0.3, 0.4) is 0 Å². The topological polar surface area (TPSA) is 81.7 Å². The van der Waals surface area contributed by atoms with Gasteiger partial charge in [0, 0.05) is 13.1 Å². The summed E-state index contributed by atoms with van der Waals surface area (Å²) in [6.07, 6.45) is 3.79. The van der Waals surface area contributed by atoms with Gasteiger partial charge in [-0.2, -0.15) is 0 Å². The number of carboxylic acid groups (broad SMARTS) is 1. The Hall–Kier alpha value is -1.40. The van der Waals surface area contributed by atoms with E-state index >= 15 is 0 Å². The van der Waals surface area contributed by atoms with Crippen LogP contribution in [0.5, 0.6) is 0 Å². The van der Waals surface area contributed by atoms with Crippen LogP contribution in [-0.4, -0.2) is 61.2 Å². The Kier molecular flexibility index (Phi) is 7.14. The quantitative estimate of drug-likeness (QED) is 0.526. The Bertz CT molecular complexity index is 320. The molecular weight excluding hydrogens is 246 g/mol. The van der Waals surface area contributed by atoms with Gasteiger partial charge < -0.3 is 15.7 Å². The zero-order chi connectivity index (χ0) is 14.1. The highest BCUT2D eigenvalue weighted by Crippen LogP contribution is 2.15. The molecule has 19 heavy (non-hydrogen) atoms. The molecule has 0 bridgehead atoms. The number of likely N-dealkylation sites (tertiary alicyclic amines) is 1. The molecule has 1 unspecified atom stereocenters. The van der Waals surface area contributed by atoms with Crippen molar-refractivity contribution in [3.05, 3.63) is 12.7 Å². The molecule has 1 fully saturated rings. The molecule has 0 radical (unpaired) electrons. The predicted molar refractivity (Wildman–Crippen MR) is 72.9 cm³/mol. The third-order valence-corrected chi connectivity index (χ3v) is 3.12. The standard InChI is InChI=1S/C13H23N3O3/c1-2-5-15-12(17)10-16-6-3-4-11(9-16)7-14-8-13(18)19/h2,11,14H,1,3-10H2,(H,15,17)(H,18,19). The maximum atomic E-state index is 11.6. The third kappa shape index (κ3) is 6.93. The summed E-state index contributed by atoms with van der Waals surface area (Å²) >= 11 is 0. The lowest BCUT2D eigenvalue weighted by Gasteiger charge is -2.32. The first-order valence-corrected chi connectivity index (χ1v) is 6.64. The van der Waals surface area contributed by atoms with E-state index in [1.807, 2.05) is 0 Å². The summed E-state index contributed by atoms with van der Waals surface area (Å²) in [5.41, 5.74) is 0. The van der Waals surface area contributed by atoms with Crippen LogP contribution >= 0.6 is 0 Å². The molecule has 1 heterocycles. The Labute approximate surface area is 113 Å². The van der Waals surface area contributed by atoms with Gasteiger partial charge >= 0.3 is 5.97 Å². The fourth-order valence-electron chi connectivity index (χ4n) is 2.29. The number of rotatable bonds is 8. The van der Waals surface area contributed by atoms with Crippen molar-refractivity contribution in [2.45, 2.75) is 12.8 Å². The molecule has 0 aromatic heterocycles. The summed E-state index contributed by atoms with van der Waals surface area (Å²) in [7, 11) is 0. The largest absolute Gasteiger partial charge is 0.480 e. The molecule has 1 atom stereocenters. The molecule has 0 saturated carbocycles. The second kappa shape index (κ2) is 8.66. The van der Waals surface area contributed by atoms with Gasteiger partial charge in [0.15, 0.2) is 0 Å². The molecule has 6 heteroatoms. The maximum Gasteiger partial charge on any atom is 0.317 e. The minimum absolute atomic E-state index is 0.00365. The van der Waals surface area contributed by atoms with Crippen molar-refractivity contribution < 1.29 is 14.7 Å². The van der Waals surface area contributed by atoms with E-state index in [0.29, 0.717) is 25.6 Å². The summed E-state index contributed by atoms with van der Waals surface area (Å²) in [6.45, 7) is 6.91. The number of piperidine rings is 1. The average Bonchev–Trinajstić information content (AvgIpc) is 2.36. The first-order valence-electron chi connectivity index (χ1n) is 6.64. The molecule has 1 rings (SSSR count). The molecule has 6 nitrogen and oxygen atoms in total. The van der Waals surface area contributed by atoms with Crippen LogP contribution in [0.25, 0.3) is 0 Å². The zero-order valence-corrected chi connectivity index (χ0v) is 11.2. The summed E-state index contributed by atoms with van der Waals surface area (Å²) in [5, 5.41) is 14.2. The lowest BCUT2D eigenvalue weighted by atomic mass is 9.98. The molecule has 1 amide bonds. The summed E-state index contributed by atoms with van der Waals surface area (Å²) in [6, 6.07) is 0. The summed E-state index contributed by atoms with van der Waals surface area (Å²) in [5.74, 6) is -0.407. The maximum absolute atomic E-state index is 11.6. The number of nitrogens with one attached hydrogen (secondary N) is 2. The first kappa shape index (κ1) is 15.7. The van der Waals surface area contributed by atoms with Gasteiger partial charge in [-0.3, -0.25) is 14.5 Å². The van der Waals surface area contributed by atoms with E-state index in [1.54, 1.807) is 6.08 Å². The Morgan fingerprint density at radius 1 is 1.47 bits per heavy atom. The van der Waals surface area contributed by atoms with Crippen LogP contribution in [0.4, 0.5) is 0 Å². The number of carbonyl (C=O) groups is 2. The van der Waals surface area contributed by atoms with E-state index in [2.05, 4.69) is 22.1 Å². The number of nitrogens with zero attached hydrogens (tertiary/aromatic N) is 1. The predicted octanol–water partition coefficient (Wildman–Crippen LogP) is -0.325. The van der Waals surface area contributed by atoms with Crippen molar-refractivity contribution in [1.29, 1.82) is 0 Å². The van der Waals surface area contributed by atoms with Gasteiger partial charge in [-0.15, -0.1) is 6.58 Å². The third-order valence-electron chi connectivity index (χ3n) is 3.12. The molecule has 108 valence electrons. The highest BCUT2D eigenvalue weighted by Gasteiger charge is 2.21. The van der Waals surface area contributed by atoms with E-state index in [-0.39, 0.29) is 12.5 Å². The van der Waals surface area contributed by atoms with Gasteiger partial charge in [-0.25, -0.2) is 0 Å². The lowest BCUT2D eigenvalue weighted by molar-refractivity contribution is -0.136. The molecule has 0 aromatic carbocycles.